The Hall–Kier alpha value is -2.45. The van der Waals surface area contributed by atoms with Crippen LogP contribution in [0.15, 0.2) is 39.6 Å². The molecule has 0 saturated carbocycles. The van der Waals surface area contributed by atoms with Crippen molar-refractivity contribution in [1.82, 2.24) is 29.5 Å². The van der Waals surface area contributed by atoms with Gasteiger partial charge < -0.3 is 13.4 Å². The molecule has 3 aromatic heterocycles. The molecule has 0 aliphatic carbocycles. The van der Waals surface area contributed by atoms with Crippen LogP contribution in [-0.4, -0.2) is 55.2 Å². The Balaban J connectivity index is 1.34. The fourth-order valence-corrected chi connectivity index (χ4v) is 3.19. The maximum Gasteiger partial charge on any atom is 0.283 e. The van der Waals surface area contributed by atoms with Crippen molar-refractivity contribution in [2.75, 3.05) is 19.6 Å². The molecule has 1 aliphatic heterocycles. The van der Waals surface area contributed by atoms with Crippen LogP contribution in [0.3, 0.4) is 0 Å². The zero-order valence-electron chi connectivity index (χ0n) is 14.5. The van der Waals surface area contributed by atoms with Gasteiger partial charge in [0, 0.05) is 45.1 Å². The van der Waals surface area contributed by atoms with Crippen molar-refractivity contribution in [2.24, 2.45) is 7.05 Å². The predicted octanol–water partition coefficient (Wildman–Crippen LogP) is 1.77. The Labute approximate surface area is 146 Å². The summed E-state index contributed by atoms with van der Waals surface area (Å²) >= 11 is 0. The van der Waals surface area contributed by atoms with Gasteiger partial charge in [0.05, 0.1) is 19.4 Å². The molecule has 4 rings (SSSR count). The molecule has 8 nitrogen and oxygen atoms in total. The number of aromatic nitrogens is 4. The van der Waals surface area contributed by atoms with E-state index in [1.807, 2.05) is 31.6 Å². The molecule has 0 unspecified atom stereocenters. The lowest BCUT2D eigenvalue weighted by molar-refractivity contribution is 0.0658. The van der Waals surface area contributed by atoms with Crippen LogP contribution < -0.4 is 0 Å². The lowest BCUT2D eigenvalue weighted by Gasteiger charge is -2.39. The Morgan fingerprint density at radius 2 is 2.16 bits per heavy atom. The molecule has 3 aromatic rings. The number of furan rings is 1. The topological polar surface area (TPSA) is 76.4 Å². The minimum absolute atomic E-state index is 0.432. The standard InChI is InChI=1S/C17H22N6O2/c1-13-10-22(7-8-23(13)11-15-18-5-6-21(15)2)12-16-19-20-17(25-16)14-4-3-9-24-14/h3-6,9,13H,7-8,10-12H2,1-2H3/t13-/m1/s1. The number of hydrogen-bond acceptors (Lipinski definition) is 7. The van der Waals surface area contributed by atoms with Crippen molar-refractivity contribution in [3.63, 3.8) is 0 Å². The second-order valence-corrected chi connectivity index (χ2v) is 6.49. The third-order valence-corrected chi connectivity index (χ3v) is 4.67. The molecular formula is C17H22N6O2. The Kier molecular flexibility index (Phi) is 4.37. The van der Waals surface area contributed by atoms with Gasteiger partial charge in [-0.1, -0.05) is 0 Å². The van der Waals surface area contributed by atoms with E-state index >= 15 is 0 Å². The largest absolute Gasteiger partial charge is 0.459 e. The van der Waals surface area contributed by atoms with Crippen LogP contribution in [0.1, 0.15) is 18.6 Å². The molecule has 1 fully saturated rings. The fourth-order valence-electron chi connectivity index (χ4n) is 3.19. The summed E-state index contributed by atoms with van der Waals surface area (Å²) in [6.07, 6.45) is 5.44. The molecule has 25 heavy (non-hydrogen) atoms. The van der Waals surface area contributed by atoms with Crippen molar-refractivity contribution in [2.45, 2.75) is 26.1 Å². The summed E-state index contributed by atoms with van der Waals surface area (Å²) in [6, 6.07) is 4.06. The van der Waals surface area contributed by atoms with Crippen molar-refractivity contribution in [3.8, 4) is 11.7 Å². The summed E-state index contributed by atoms with van der Waals surface area (Å²) in [4.78, 5) is 9.23. The van der Waals surface area contributed by atoms with Crippen LogP contribution >= 0.6 is 0 Å². The first-order valence-electron chi connectivity index (χ1n) is 8.48. The van der Waals surface area contributed by atoms with Gasteiger partial charge in [-0.2, -0.15) is 0 Å². The molecule has 1 saturated heterocycles. The summed E-state index contributed by atoms with van der Waals surface area (Å²) < 4.78 is 13.1. The van der Waals surface area contributed by atoms with E-state index in [2.05, 4.69) is 36.5 Å². The first-order chi connectivity index (χ1) is 12.2. The molecule has 1 atom stereocenters. The lowest BCUT2D eigenvalue weighted by atomic mass is 10.2. The highest BCUT2D eigenvalue weighted by atomic mass is 16.4. The Morgan fingerprint density at radius 1 is 1.24 bits per heavy atom. The molecule has 0 radical (unpaired) electrons. The molecule has 0 bridgehead atoms. The van der Waals surface area contributed by atoms with Crippen LogP contribution in [-0.2, 0) is 20.1 Å². The maximum atomic E-state index is 5.71. The molecule has 0 aromatic carbocycles. The predicted molar refractivity (Wildman–Crippen MR) is 90.4 cm³/mol. The lowest BCUT2D eigenvalue weighted by Crippen LogP contribution is -2.51. The highest BCUT2D eigenvalue weighted by Gasteiger charge is 2.26. The van der Waals surface area contributed by atoms with E-state index in [0.717, 1.165) is 32.0 Å². The van der Waals surface area contributed by atoms with Crippen molar-refractivity contribution in [3.05, 3.63) is 42.5 Å². The summed E-state index contributed by atoms with van der Waals surface area (Å²) in [5.41, 5.74) is 0. The Morgan fingerprint density at radius 3 is 2.88 bits per heavy atom. The average Bonchev–Trinajstić information content (AvgIpc) is 3.32. The zero-order valence-corrected chi connectivity index (χ0v) is 14.5. The molecule has 8 heteroatoms. The first kappa shape index (κ1) is 16.0. The monoisotopic (exact) mass is 342 g/mol. The van der Waals surface area contributed by atoms with Crippen LogP contribution in [0.25, 0.3) is 11.7 Å². The first-order valence-corrected chi connectivity index (χ1v) is 8.48. The number of nitrogens with zero attached hydrogens (tertiary/aromatic N) is 6. The van der Waals surface area contributed by atoms with Crippen LogP contribution in [0.2, 0.25) is 0 Å². The van der Waals surface area contributed by atoms with Gasteiger partial charge in [-0.05, 0) is 19.1 Å². The van der Waals surface area contributed by atoms with Crippen LogP contribution in [0.4, 0.5) is 0 Å². The molecule has 0 amide bonds. The van der Waals surface area contributed by atoms with Crippen molar-refractivity contribution < 1.29 is 8.83 Å². The van der Waals surface area contributed by atoms with E-state index in [-0.39, 0.29) is 0 Å². The van der Waals surface area contributed by atoms with E-state index in [9.17, 15) is 0 Å². The Bertz CT molecular complexity index is 809. The molecule has 4 heterocycles. The van der Waals surface area contributed by atoms with Crippen molar-refractivity contribution in [1.29, 1.82) is 0 Å². The third kappa shape index (κ3) is 3.49. The number of aryl methyl sites for hydroxylation is 1. The summed E-state index contributed by atoms with van der Waals surface area (Å²) in [6.45, 7) is 6.70. The summed E-state index contributed by atoms with van der Waals surface area (Å²) in [5, 5.41) is 8.20. The van der Waals surface area contributed by atoms with E-state index in [1.165, 1.54) is 0 Å². The molecule has 0 N–H and O–H groups in total. The highest BCUT2D eigenvalue weighted by Crippen LogP contribution is 2.20. The van der Waals surface area contributed by atoms with Gasteiger partial charge >= 0.3 is 0 Å². The van der Waals surface area contributed by atoms with Gasteiger partial charge in [-0.25, -0.2) is 4.98 Å². The number of hydrogen-bond donors (Lipinski definition) is 0. The van der Waals surface area contributed by atoms with Crippen LogP contribution in [0.5, 0.6) is 0 Å². The quantitative estimate of drug-likeness (QED) is 0.699. The average molecular weight is 342 g/mol. The number of rotatable bonds is 5. The van der Waals surface area contributed by atoms with Crippen LogP contribution in [0, 0.1) is 0 Å². The maximum absolute atomic E-state index is 5.71. The smallest absolute Gasteiger partial charge is 0.283 e. The van der Waals surface area contributed by atoms with Gasteiger partial charge in [-0.15, -0.1) is 10.2 Å². The zero-order chi connectivity index (χ0) is 17.2. The summed E-state index contributed by atoms with van der Waals surface area (Å²) in [7, 11) is 2.04. The second kappa shape index (κ2) is 6.81. The minimum Gasteiger partial charge on any atom is -0.459 e. The van der Waals surface area contributed by atoms with E-state index < -0.39 is 0 Å². The molecular weight excluding hydrogens is 320 g/mol. The fraction of sp³-hybridized carbons (Fsp3) is 0.471. The van der Waals surface area contributed by atoms with Gasteiger partial charge in [0.1, 0.15) is 5.82 Å². The van der Waals surface area contributed by atoms with E-state index in [0.29, 0.717) is 30.1 Å². The van der Waals surface area contributed by atoms with Gasteiger partial charge in [0.2, 0.25) is 5.89 Å². The highest BCUT2D eigenvalue weighted by molar-refractivity contribution is 5.42. The molecule has 132 valence electrons. The number of piperazine rings is 1. The van der Waals surface area contributed by atoms with E-state index in [4.69, 9.17) is 8.83 Å². The van der Waals surface area contributed by atoms with Gasteiger partial charge in [-0.3, -0.25) is 9.80 Å². The molecule has 0 spiro atoms. The second-order valence-electron chi connectivity index (χ2n) is 6.49. The SMILES string of the molecule is C[C@@H]1CN(Cc2nnc(-c3ccco3)o2)CCN1Cc1nccn1C. The third-order valence-electron chi connectivity index (χ3n) is 4.67. The van der Waals surface area contributed by atoms with Crippen molar-refractivity contribution >= 4 is 0 Å². The minimum atomic E-state index is 0.432. The van der Waals surface area contributed by atoms with E-state index in [1.54, 1.807) is 6.26 Å². The number of imidazole rings is 1. The summed E-state index contributed by atoms with van der Waals surface area (Å²) in [5.74, 6) is 2.75. The molecule has 1 aliphatic rings. The van der Waals surface area contributed by atoms with Gasteiger partial charge in [0.25, 0.3) is 5.89 Å². The normalized spacial score (nSPS) is 19.5. The van der Waals surface area contributed by atoms with Gasteiger partial charge in [0.15, 0.2) is 5.76 Å².